The van der Waals surface area contributed by atoms with E-state index in [2.05, 4.69) is 11.9 Å². The third-order valence-corrected chi connectivity index (χ3v) is 2.53. The summed E-state index contributed by atoms with van der Waals surface area (Å²) >= 11 is 0. The number of nitrogens with one attached hydrogen (secondary N) is 1. The Morgan fingerprint density at radius 1 is 1.36 bits per heavy atom. The standard InChI is InChI=1S/C12H14FN/c1-2-3-4-9-8-14-12-7-10(13)5-6-11(9)12/h5-8,14H,2-4H2,1H3. The molecule has 1 nitrogen and oxygen atoms in total. The molecule has 0 aliphatic carbocycles. The van der Waals surface area contributed by atoms with Crippen molar-refractivity contribution in [1.29, 1.82) is 0 Å². The average molecular weight is 191 g/mol. The summed E-state index contributed by atoms with van der Waals surface area (Å²) in [4.78, 5) is 3.10. The Bertz CT molecular complexity index is 431. The smallest absolute Gasteiger partial charge is 0.125 e. The highest BCUT2D eigenvalue weighted by molar-refractivity contribution is 5.83. The SMILES string of the molecule is CCCCc1c[nH]c2cc(F)ccc12. The number of rotatable bonds is 3. The second-order valence-corrected chi connectivity index (χ2v) is 3.61. The molecule has 0 radical (unpaired) electrons. The number of H-pyrrole nitrogens is 1. The van der Waals surface area contributed by atoms with Gasteiger partial charge in [0.05, 0.1) is 0 Å². The van der Waals surface area contributed by atoms with E-state index in [4.69, 9.17) is 0 Å². The minimum Gasteiger partial charge on any atom is -0.361 e. The van der Waals surface area contributed by atoms with Gasteiger partial charge in [0.15, 0.2) is 0 Å². The monoisotopic (exact) mass is 191 g/mol. The van der Waals surface area contributed by atoms with Crippen LogP contribution >= 0.6 is 0 Å². The Labute approximate surface area is 82.9 Å². The number of aryl methyl sites for hydroxylation is 1. The van der Waals surface area contributed by atoms with E-state index in [1.54, 1.807) is 6.07 Å². The molecule has 0 atom stereocenters. The van der Waals surface area contributed by atoms with Crippen molar-refractivity contribution in [1.82, 2.24) is 4.98 Å². The van der Waals surface area contributed by atoms with E-state index in [9.17, 15) is 4.39 Å². The van der Waals surface area contributed by atoms with Crippen LogP contribution in [0.1, 0.15) is 25.3 Å². The molecule has 1 aromatic heterocycles. The van der Waals surface area contributed by atoms with Crippen LogP contribution in [0.5, 0.6) is 0 Å². The zero-order chi connectivity index (χ0) is 9.97. The van der Waals surface area contributed by atoms with Crippen molar-refractivity contribution >= 4 is 10.9 Å². The zero-order valence-electron chi connectivity index (χ0n) is 8.31. The Morgan fingerprint density at radius 3 is 3.00 bits per heavy atom. The maximum Gasteiger partial charge on any atom is 0.125 e. The predicted molar refractivity (Wildman–Crippen MR) is 56.9 cm³/mol. The van der Waals surface area contributed by atoms with E-state index >= 15 is 0 Å². The minimum atomic E-state index is -0.179. The summed E-state index contributed by atoms with van der Waals surface area (Å²) in [6, 6.07) is 4.92. The summed E-state index contributed by atoms with van der Waals surface area (Å²) in [5.74, 6) is -0.179. The van der Waals surface area contributed by atoms with Crippen LogP contribution in [0.25, 0.3) is 10.9 Å². The number of halogens is 1. The summed E-state index contributed by atoms with van der Waals surface area (Å²) in [6.45, 7) is 2.18. The van der Waals surface area contributed by atoms with E-state index in [-0.39, 0.29) is 5.82 Å². The molecular formula is C12H14FN. The van der Waals surface area contributed by atoms with E-state index in [1.807, 2.05) is 12.3 Å². The summed E-state index contributed by atoms with van der Waals surface area (Å²) in [5, 5.41) is 1.15. The zero-order valence-corrected chi connectivity index (χ0v) is 8.31. The molecule has 1 heterocycles. The Morgan fingerprint density at radius 2 is 2.21 bits per heavy atom. The molecule has 2 heteroatoms. The Kier molecular flexibility index (Phi) is 2.53. The van der Waals surface area contributed by atoms with Gasteiger partial charge in [-0.05, 0) is 36.6 Å². The summed E-state index contributed by atoms with van der Waals surface area (Å²) in [5.41, 5.74) is 2.19. The number of hydrogen-bond donors (Lipinski definition) is 1. The molecule has 14 heavy (non-hydrogen) atoms. The van der Waals surface area contributed by atoms with Gasteiger partial charge in [0.1, 0.15) is 5.82 Å². The third kappa shape index (κ3) is 1.65. The fourth-order valence-electron chi connectivity index (χ4n) is 1.73. The van der Waals surface area contributed by atoms with Crippen molar-refractivity contribution in [2.45, 2.75) is 26.2 Å². The van der Waals surface area contributed by atoms with Crippen LogP contribution in [0.4, 0.5) is 4.39 Å². The molecule has 74 valence electrons. The van der Waals surface area contributed by atoms with E-state index in [0.29, 0.717) is 0 Å². The fraction of sp³-hybridized carbons (Fsp3) is 0.333. The summed E-state index contributed by atoms with van der Waals surface area (Å²) in [7, 11) is 0. The fourth-order valence-corrected chi connectivity index (χ4v) is 1.73. The van der Waals surface area contributed by atoms with Gasteiger partial charge in [-0.15, -0.1) is 0 Å². The van der Waals surface area contributed by atoms with Gasteiger partial charge in [-0.1, -0.05) is 13.3 Å². The van der Waals surface area contributed by atoms with Gasteiger partial charge in [0.25, 0.3) is 0 Å². The lowest BCUT2D eigenvalue weighted by Gasteiger charge is -1.96. The Balaban J connectivity index is 2.37. The predicted octanol–water partition coefficient (Wildman–Crippen LogP) is 3.65. The molecule has 0 unspecified atom stereocenters. The quantitative estimate of drug-likeness (QED) is 0.762. The van der Waals surface area contributed by atoms with Gasteiger partial charge in [0, 0.05) is 17.1 Å². The van der Waals surface area contributed by atoms with Gasteiger partial charge in [-0.3, -0.25) is 0 Å². The molecule has 0 aliphatic rings. The highest BCUT2D eigenvalue weighted by Crippen LogP contribution is 2.20. The molecule has 0 amide bonds. The molecule has 1 aromatic carbocycles. The Hall–Kier alpha value is -1.31. The first-order valence-electron chi connectivity index (χ1n) is 5.07. The maximum atomic E-state index is 12.9. The largest absolute Gasteiger partial charge is 0.361 e. The number of aromatic nitrogens is 1. The van der Waals surface area contributed by atoms with Gasteiger partial charge >= 0.3 is 0 Å². The van der Waals surface area contributed by atoms with E-state index < -0.39 is 0 Å². The first-order chi connectivity index (χ1) is 6.81. The molecule has 2 rings (SSSR count). The molecule has 2 aromatic rings. The lowest BCUT2D eigenvalue weighted by Crippen LogP contribution is -1.81. The lowest BCUT2D eigenvalue weighted by molar-refractivity contribution is 0.629. The van der Waals surface area contributed by atoms with E-state index in [1.165, 1.54) is 24.5 Å². The molecule has 0 aliphatic heterocycles. The molecule has 0 fully saturated rings. The number of aromatic amines is 1. The normalized spacial score (nSPS) is 11.0. The molecule has 0 saturated carbocycles. The second kappa shape index (κ2) is 3.82. The number of unbranched alkanes of at least 4 members (excludes halogenated alkanes) is 1. The first-order valence-corrected chi connectivity index (χ1v) is 5.07. The lowest BCUT2D eigenvalue weighted by atomic mass is 10.1. The van der Waals surface area contributed by atoms with Crippen LogP contribution < -0.4 is 0 Å². The first kappa shape index (κ1) is 9.25. The second-order valence-electron chi connectivity index (χ2n) is 3.61. The highest BCUT2D eigenvalue weighted by atomic mass is 19.1. The molecule has 1 N–H and O–H groups in total. The van der Waals surface area contributed by atoms with Crippen LogP contribution in [0, 0.1) is 5.82 Å². The molecule has 0 bridgehead atoms. The number of hydrogen-bond acceptors (Lipinski definition) is 0. The molecular weight excluding hydrogens is 177 g/mol. The third-order valence-electron chi connectivity index (χ3n) is 2.53. The number of fused-ring (bicyclic) bond motifs is 1. The van der Waals surface area contributed by atoms with Gasteiger partial charge in [0.2, 0.25) is 0 Å². The van der Waals surface area contributed by atoms with Crippen LogP contribution in [0.15, 0.2) is 24.4 Å². The van der Waals surface area contributed by atoms with Crippen molar-refractivity contribution in [2.24, 2.45) is 0 Å². The van der Waals surface area contributed by atoms with Crippen LogP contribution in [0.2, 0.25) is 0 Å². The van der Waals surface area contributed by atoms with Crippen LogP contribution in [-0.2, 0) is 6.42 Å². The summed E-state index contributed by atoms with van der Waals surface area (Å²) < 4.78 is 12.9. The molecule has 0 spiro atoms. The van der Waals surface area contributed by atoms with E-state index in [0.717, 1.165) is 17.3 Å². The van der Waals surface area contributed by atoms with Crippen LogP contribution in [-0.4, -0.2) is 4.98 Å². The highest BCUT2D eigenvalue weighted by Gasteiger charge is 2.03. The topological polar surface area (TPSA) is 15.8 Å². The van der Waals surface area contributed by atoms with Crippen LogP contribution in [0.3, 0.4) is 0 Å². The van der Waals surface area contributed by atoms with Crippen molar-refractivity contribution in [2.75, 3.05) is 0 Å². The van der Waals surface area contributed by atoms with Gasteiger partial charge < -0.3 is 4.98 Å². The minimum absolute atomic E-state index is 0.179. The van der Waals surface area contributed by atoms with Crippen molar-refractivity contribution < 1.29 is 4.39 Å². The van der Waals surface area contributed by atoms with Crippen molar-refractivity contribution in [3.63, 3.8) is 0 Å². The maximum absolute atomic E-state index is 12.9. The summed E-state index contributed by atoms with van der Waals surface area (Å²) in [6.07, 6.45) is 5.43. The van der Waals surface area contributed by atoms with Crippen molar-refractivity contribution in [3.8, 4) is 0 Å². The van der Waals surface area contributed by atoms with Gasteiger partial charge in [-0.2, -0.15) is 0 Å². The van der Waals surface area contributed by atoms with Gasteiger partial charge in [-0.25, -0.2) is 4.39 Å². The average Bonchev–Trinajstić information content (AvgIpc) is 2.57. The number of benzene rings is 1. The molecule has 0 saturated heterocycles. The van der Waals surface area contributed by atoms with Crippen molar-refractivity contribution in [3.05, 3.63) is 35.8 Å².